The van der Waals surface area contributed by atoms with Crippen LogP contribution in [-0.4, -0.2) is 0 Å². The zero-order valence-corrected chi connectivity index (χ0v) is 15.8. The Morgan fingerprint density at radius 1 is 0.767 bits per heavy atom. The molecule has 1 unspecified atom stereocenters. The lowest BCUT2D eigenvalue weighted by molar-refractivity contribution is -0.187. The van der Waals surface area contributed by atoms with Gasteiger partial charge in [0, 0.05) is 12.1 Å². The van der Waals surface area contributed by atoms with Gasteiger partial charge in [0.05, 0.1) is 5.56 Å². The fourth-order valence-corrected chi connectivity index (χ4v) is 3.74. The fraction of sp³-hybridized carbons (Fsp3) is 0.217. The number of hydrogen-bond donors (Lipinski definition) is 0. The van der Waals surface area contributed by atoms with Crippen molar-refractivity contribution >= 4 is 0 Å². The van der Waals surface area contributed by atoms with Gasteiger partial charge in [0.2, 0.25) is 0 Å². The Kier molecular flexibility index (Phi) is 5.00. The number of rotatable bonds is 4. The van der Waals surface area contributed by atoms with Gasteiger partial charge in [0.25, 0.3) is 0 Å². The van der Waals surface area contributed by atoms with Gasteiger partial charge in [-0.3, -0.25) is 0 Å². The second-order valence-corrected chi connectivity index (χ2v) is 7.51. The molecule has 1 nitrogen and oxygen atoms in total. The van der Waals surface area contributed by atoms with Crippen LogP contribution in [0.25, 0.3) is 11.1 Å². The summed E-state index contributed by atoms with van der Waals surface area (Å²) in [6.45, 7) is 2.13. The van der Waals surface area contributed by atoms with Gasteiger partial charge in [0.1, 0.15) is 11.6 Å². The van der Waals surface area contributed by atoms with Crippen molar-refractivity contribution in [3.8, 4) is 16.9 Å². The van der Waals surface area contributed by atoms with Gasteiger partial charge in [0.15, 0.2) is 17.5 Å². The van der Waals surface area contributed by atoms with E-state index in [0.717, 1.165) is 30.5 Å². The third kappa shape index (κ3) is 3.76. The first-order chi connectivity index (χ1) is 14.1. The maximum absolute atomic E-state index is 14.5. The van der Waals surface area contributed by atoms with E-state index >= 15 is 0 Å². The normalized spacial score (nSPS) is 15.9. The SMILES string of the molecule is CC1Cc2ccc(-c3ccc(C(F)(F)Oc4cc(F)c(F)c(F)c4)c(F)c3)cc2C1. The monoisotopic (exact) mass is 422 g/mol. The highest BCUT2D eigenvalue weighted by Gasteiger charge is 2.38. The Morgan fingerprint density at radius 3 is 2.03 bits per heavy atom. The molecule has 0 aliphatic heterocycles. The number of hydrogen-bond acceptors (Lipinski definition) is 1. The van der Waals surface area contributed by atoms with Crippen molar-refractivity contribution in [2.75, 3.05) is 0 Å². The Balaban J connectivity index is 1.62. The Hall–Kier alpha value is -2.96. The second kappa shape index (κ2) is 7.38. The van der Waals surface area contributed by atoms with Crippen molar-refractivity contribution in [1.82, 2.24) is 0 Å². The molecule has 0 saturated carbocycles. The molecule has 4 rings (SSSR count). The quantitative estimate of drug-likeness (QED) is 0.333. The van der Waals surface area contributed by atoms with E-state index in [-0.39, 0.29) is 12.1 Å². The van der Waals surface area contributed by atoms with E-state index in [0.29, 0.717) is 17.0 Å². The summed E-state index contributed by atoms with van der Waals surface area (Å²) in [4.78, 5) is 0. The third-order valence-corrected chi connectivity index (χ3v) is 5.16. The maximum Gasteiger partial charge on any atom is 0.429 e. The topological polar surface area (TPSA) is 9.23 Å². The van der Waals surface area contributed by atoms with E-state index in [1.54, 1.807) is 0 Å². The summed E-state index contributed by atoms with van der Waals surface area (Å²) < 4.78 is 87.1. The van der Waals surface area contributed by atoms with Crippen LogP contribution in [0.3, 0.4) is 0 Å². The molecule has 0 fully saturated rings. The molecule has 0 amide bonds. The molecule has 3 aromatic rings. The van der Waals surface area contributed by atoms with Gasteiger partial charge in [-0.1, -0.05) is 31.2 Å². The van der Waals surface area contributed by atoms with Gasteiger partial charge in [-0.15, -0.1) is 0 Å². The lowest BCUT2D eigenvalue weighted by Gasteiger charge is -2.19. The Morgan fingerprint density at radius 2 is 1.37 bits per heavy atom. The van der Waals surface area contributed by atoms with Crippen LogP contribution in [-0.2, 0) is 19.0 Å². The lowest BCUT2D eigenvalue weighted by atomic mass is 9.99. The van der Waals surface area contributed by atoms with Crippen molar-refractivity contribution in [3.63, 3.8) is 0 Å². The highest BCUT2D eigenvalue weighted by atomic mass is 19.3. The zero-order valence-electron chi connectivity index (χ0n) is 15.8. The summed E-state index contributed by atoms with van der Waals surface area (Å²) in [5.41, 5.74) is 2.38. The van der Waals surface area contributed by atoms with E-state index in [1.165, 1.54) is 11.6 Å². The highest BCUT2D eigenvalue weighted by Crippen LogP contribution is 2.36. The van der Waals surface area contributed by atoms with E-state index in [2.05, 4.69) is 11.7 Å². The number of alkyl halides is 2. The molecule has 0 saturated heterocycles. The van der Waals surface area contributed by atoms with Gasteiger partial charge >= 0.3 is 6.11 Å². The third-order valence-electron chi connectivity index (χ3n) is 5.16. The first-order valence-electron chi connectivity index (χ1n) is 9.27. The smallest absolute Gasteiger partial charge is 0.429 e. The Bertz CT molecular complexity index is 1100. The summed E-state index contributed by atoms with van der Waals surface area (Å²) in [6, 6.07) is 9.36. The average molecular weight is 422 g/mol. The standard InChI is InChI=1S/C23H16F6O/c1-12-6-13-2-3-14(8-16(13)7-12)15-4-5-18(19(24)9-15)23(28,29)30-17-10-20(25)22(27)21(26)11-17/h2-5,8-12H,6-7H2,1H3. The van der Waals surface area contributed by atoms with Crippen LogP contribution in [0.1, 0.15) is 23.6 Å². The van der Waals surface area contributed by atoms with Crippen LogP contribution >= 0.6 is 0 Å². The molecule has 156 valence electrons. The molecule has 0 radical (unpaired) electrons. The molecule has 1 aliphatic carbocycles. The van der Waals surface area contributed by atoms with Crippen LogP contribution in [0.15, 0.2) is 48.5 Å². The molecule has 0 N–H and O–H groups in total. The zero-order chi connectivity index (χ0) is 21.6. The van der Waals surface area contributed by atoms with Crippen LogP contribution in [0.4, 0.5) is 26.3 Å². The molecule has 1 atom stereocenters. The van der Waals surface area contributed by atoms with Crippen LogP contribution < -0.4 is 4.74 Å². The van der Waals surface area contributed by atoms with Crippen LogP contribution in [0.5, 0.6) is 5.75 Å². The predicted octanol–water partition coefficient (Wildman–Crippen LogP) is 6.77. The molecule has 0 aromatic heterocycles. The fourth-order valence-electron chi connectivity index (χ4n) is 3.74. The van der Waals surface area contributed by atoms with Crippen molar-refractivity contribution in [2.45, 2.75) is 25.9 Å². The summed E-state index contributed by atoms with van der Waals surface area (Å²) in [5.74, 6) is -6.89. The molecule has 0 heterocycles. The summed E-state index contributed by atoms with van der Waals surface area (Å²) in [7, 11) is 0. The van der Waals surface area contributed by atoms with E-state index in [4.69, 9.17) is 0 Å². The molecule has 0 spiro atoms. The summed E-state index contributed by atoms with van der Waals surface area (Å²) >= 11 is 0. The van der Waals surface area contributed by atoms with Gasteiger partial charge < -0.3 is 4.74 Å². The van der Waals surface area contributed by atoms with Crippen LogP contribution in [0, 0.1) is 29.2 Å². The van der Waals surface area contributed by atoms with Crippen LogP contribution in [0.2, 0.25) is 0 Å². The molecule has 30 heavy (non-hydrogen) atoms. The Labute approximate surface area is 168 Å². The number of halogens is 6. The first kappa shape index (κ1) is 20.3. The van der Waals surface area contributed by atoms with Crippen molar-refractivity contribution in [3.05, 3.63) is 88.5 Å². The van der Waals surface area contributed by atoms with Crippen molar-refractivity contribution < 1.29 is 31.1 Å². The molecule has 7 heteroatoms. The first-order valence-corrected chi connectivity index (χ1v) is 9.27. The van der Waals surface area contributed by atoms with Crippen molar-refractivity contribution in [1.29, 1.82) is 0 Å². The minimum Gasteiger partial charge on any atom is -0.429 e. The summed E-state index contributed by atoms with van der Waals surface area (Å²) in [5, 5.41) is 0. The maximum atomic E-state index is 14.5. The minimum absolute atomic E-state index is 0.268. The minimum atomic E-state index is -4.23. The highest BCUT2D eigenvalue weighted by molar-refractivity contribution is 5.66. The largest absolute Gasteiger partial charge is 0.429 e. The molecule has 3 aromatic carbocycles. The molecular weight excluding hydrogens is 406 g/mol. The van der Waals surface area contributed by atoms with E-state index < -0.39 is 40.7 Å². The molecular formula is C23H16F6O. The second-order valence-electron chi connectivity index (χ2n) is 7.51. The number of benzene rings is 3. The van der Waals surface area contributed by atoms with Gasteiger partial charge in [-0.2, -0.15) is 8.78 Å². The van der Waals surface area contributed by atoms with Gasteiger partial charge in [-0.05, 0) is 53.1 Å². The molecule has 0 bridgehead atoms. The number of fused-ring (bicyclic) bond motifs is 1. The average Bonchev–Trinajstić information content (AvgIpc) is 3.04. The van der Waals surface area contributed by atoms with Crippen molar-refractivity contribution in [2.24, 2.45) is 5.92 Å². The van der Waals surface area contributed by atoms with E-state index in [1.807, 2.05) is 18.2 Å². The number of ether oxygens (including phenoxy) is 1. The predicted molar refractivity (Wildman–Crippen MR) is 99.2 cm³/mol. The lowest BCUT2D eigenvalue weighted by Crippen LogP contribution is -2.23. The summed E-state index contributed by atoms with van der Waals surface area (Å²) in [6.07, 6.45) is -2.36. The van der Waals surface area contributed by atoms with E-state index in [9.17, 15) is 26.3 Å². The molecule has 1 aliphatic rings. The van der Waals surface area contributed by atoms with Gasteiger partial charge in [-0.25, -0.2) is 17.6 Å².